The van der Waals surface area contributed by atoms with E-state index in [0.717, 1.165) is 12.5 Å². The Hall–Kier alpha value is -2.61. The van der Waals surface area contributed by atoms with Crippen molar-refractivity contribution >= 4 is 16.0 Å². The Morgan fingerprint density at radius 2 is 1.77 bits per heavy atom. The van der Waals surface area contributed by atoms with Gasteiger partial charge in [0.15, 0.2) is 11.6 Å². The van der Waals surface area contributed by atoms with Gasteiger partial charge in [0.1, 0.15) is 10.6 Å². The molecule has 2 aromatic carbocycles. The quantitative estimate of drug-likeness (QED) is 0.486. The smallest absolute Gasteiger partial charge is 0.339 e. The van der Waals surface area contributed by atoms with Gasteiger partial charge >= 0.3 is 10.1 Å². The predicted molar refractivity (Wildman–Crippen MR) is 117 cm³/mol. The average Bonchev–Trinajstić information content (AvgIpc) is 2.71. The summed E-state index contributed by atoms with van der Waals surface area (Å²) >= 11 is 0. The molecule has 170 valence electrons. The summed E-state index contributed by atoms with van der Waals surface area (Å²) in [5, 5.41) is 0. The van der Waals surface area contributed by atoms with Gasteiger partial charge in [0.2, 0.25) is 5.91 Å². The number of methoxy groups -OCH3 is 1. The molecule has 1 atom stereocenters. The Labute approximate surface area is 184 Å². The number of hydrogen-bond acceptors (Lipinski definition) is 5. The van der Waals surface area contributed by atoms with Crippen molar-refractivity contribution in [1.82, 2.24) is 4.90 Å². The molecule has 0 aliphatic carbocycles. The molecule has 0 N–H and O–H groups in total. The molecule has 31 heavy (non-hydrogen) atoms. The van der Waals surface area contributed by atoms with Crippen molar-refractivity contribution in [2.24, 2.45) is 5.92 Å². The lowest BCUT2D eigenvalue weighted by molar-refractivity contribution is -0.134. The maximum Gasteiger partial charge on any atom is 0.339 e. The largest absolute Gasteiger partial charge is 0.494 e. The summed E-state index contributed by atoms with van der Waals surface area (Å²) in [5.41, 5.74) is 0.553. The first-order valence-corrected chi connectivity index (χ1v) is 11.6. The zero-order valence-electron chi connectivity index (χ0n) is 18.6. The van der Waals surface area contributed by atoms with E-state index >= 15 is 0 Å². The Bertz CT molecular complexity index is 1010. The normalized spacial score (nSPS) is 12.5. The second-order valence-electron chi connectivity index (χ2n) is 7.82. The van der Waals surface area contributed by atoms with Crippen molar-refractivity contribution < 1.29 is 26.5 Å². The van der Waals surface area contributed by atoms with Crippen LogP contribution >= 0.6 is 0 Å². The Kier molecular flexibility index (Phi) is 8.44. The molecule has 0 heterocycles. The van der Waals surface area contributed by atoms with E-state index in [-0.39, 0.29) is 40.8 Å². The zero-order valence-corrected chi connectivity index (χ0v) is 19.4. The number of benzene rings is 2. The van der Waals surface area contributed by atoms with Gasteiger partial charge < -0.3 is 13.8 Å². The molecule has 0 fully saturated rings. The summed E-state index contributed by atoms with van der Waals surface area (Å²) < 4.78 is 49.7. The highest BCUT2D eigenvalue weighted by atomic mass is 32.2. The number of hydrogen-bond donors (Lipinski definition) is 0. The molecule has 0 aliphatic rings. The lowest BCUT2D eigenvalue weighted by Gasteiger charge is -2.30. The van der Waals surface area contributed by atoms with Crippen LogP contribution in [0.1, 0.15) is 46.1 Å². The third-order valence-corrected chi connectivity index (χ3v) is 6.18. The first-order chi connectivity index (χ1) is 14.6. The van der Waals surface area contributed by atoms with Gasteiger partial charge in [0.25, 0.3) is 0 Å². The van der Waals surface area contributed by atoms with Gasteiger partial charge in [-0.15, -0.1) is 0 Å². The molecular formula is C23H30FNO5S. The number of para-hydroxylation sites is 1. The number of carbonyl (C=O) groups excluding carboxylic acids is 1. The third kappa shape index (κ3) is 6.43. The maximum atomic E-state index is 14.0. The van der Waals surface area contributed by atoms with Crippen LogP contribution in [0.5, 0.6) is 11.5 Å². The van der Waals surface area contributed by atoms with Gasteiger partial charge in [-0.2, -0.15) is 8.42 Å². The van der Waals surface area contributed by atoms with Gasteiger partial charge in [-0.05, 0) is 43.5 Å². The van der Waals surface area contributed by atoms with E-state index in [1.807, 2.05) is 27.7 Å². The molecule has 0 aromatic heterocycles. The topological polar surface area (TPSA) is 72.9 Å². The van der Waals surface area contributed by atoms with E-state index in [1.165, 1.54) is 25.3 Å². The zero-order chi connectivity index (χ0) is 23.2. The molecule has 8 heteroatoms. The number of amides is 1. The summed E-state index contributed by atoms with van der Waals surface area (Å²) in [6.07, 6.45) is 1.16. The van der Waals surface area contributed by atoms with Crippen LogP contribution in [0.25, 0.3) is 0 Å². The molecule has 1 amide bonds. The van der Waals surface area contributed by atoms with Gasteiger partial charge in [-0.1, -0.05) is 39.0 Å². The van der Waals surface area contributed by atoms with Crippen LogP contribution in [-0.4, -0.2) is 32.4 Å². The molecule has 0 unspecified atom stereocenters. The molecular weight excluding hydrogens is 421 g/mol. The number of ether oxygens (including phenoxy) is 1. The van der Waals surface area contributed by atoms with Crippen molar-refractivity contribution in [3.63, 3.8) is 0 Å². The minimum Gasteiger partial charge on any atom is -0.494 e. The van der Waals surface area contributed by atoms with Crippen LogP contribution in [0.15, 0.2) is 47.4 Å². The number of carbonyl (C=O) groups is 1. The monoisotopic (exact) mass is 451 g/mol. The fourth-order valence-corrected chi connectivity index (χ4v) is 4.02. The molecule has 0 spiro atoms. The van der Waals surface area contributed by atoms with E-state index in [2.05, 4.69) is 0 Å². The molecule has 0 saturated heterocycles. The highest BCUT2D eigenvalue weighted by Gasteiger charge is 2.24. The van der Waals surface area contributed by atoms with Gasteiger partial charge in [0, 0.05) is 24.6 Å². The molecule has 0 bridgehead atoms. The average molecular weight is 452 g/mol. The van der Waals surface area contributed by atoms with Crippen molar-refractivity contribution in [2.45, 2.75) is 58.0 Å². The summed E-state index contributed by atoms with van der Waals surface area (Å²) in [5.74, 6) is -0.561. The Morgan fingerprint density at radius 3 is 2.35 bits per heavy atom. The highest BCUT2D eigenvalue weighted by molar-refractivity contribution is 7.87. The van der Waals surface area contributed by atoms with E-state index in [4.69, 9.17) is 8.92 Å². The summed E-state index contributed by atoms with van der Waals surface area (Å²) in [6, 6.07) is 9.92. The number of nitrogens with zero attached hydrogens (tertiary/aromatic N) is 1. The standard InChI is InChI=1S/C23H30FNO5S/c1-6-17(4)25(23(26)13-16(2)3)15-18-9-7-8-10-21(18)30-31(27,28)19-11-12-22(29-5)20(24)14-19/h7-12,14,16-17H,6,13,15H2,1-5H3/t17-/m1/s1. The first-order valence-electron chi connectivity index (χ1n) is 10.2. The number of halogens is 1. The Morgan fingerprint density at radius 1 is 1.10 bits per heavy atom. The fraction of sp³-hybridized carbons (Fsp3) is 0.435. The second-order valence-corrected chi connectivity index (χ2v) is 9.36. The lowest BCUT2D eigenvalue weighted by atomic mass is 10.1. The van der Waals surface area contributed by atoms with Crippen LogP contribution in [0.4, 0.5) is 4.39 Å². The van der Waals surface area contributed by atoms with Crippen LogP contribution in [0, 0.1) is 11.7 Å². The van der Waals surface area contributed by atoms with Gasteiger partial charge in [-0.3, -0.25) is 4.79 Å². The van der Waals surface area contributed by atoms with Crippen LogP contribution in [-0.2, 0) is 21.5 Å². The minimum atomic E-state index is -4.28. The highest BCUT2D eigenvalue weighted by Crippen LogP contribution is 2.27. The molecule has 2 aromatic rings. The summed E-state index contributed by atoms with van der Waals surface area (Å²) in [7, 11) is -2.99. The van der Waals surface area contributed by atoms with Crippen LogP contribution in [0.3, 0.4) is 0 Å². The van der Waals surface area contributed by atoms with Crippen molar-refractivity contribution in [3.8, 4) is 11.5 Å². The summed E-state index contributed by atoms with van der Waals surface area (Å²) in [4.78, 5) is 14.2. The van der Waals surface area contributed by atoms with E-state index in [9.17, 15) is 17.6 Å². The van der Waals surface area contributed by atoms with E-state index in [0.29, 0.717) is 12.0 Å². The van der Waals surface area contributed by atoms with Crippen molar-refractivity contribution in [2.75, 3.05) is 7.11 Å². The molecule has 0 saturated carbocycles. The molecule has 0 radical (unpaired) electrons. The molecule has 2 rings (SSSR count). The predicted octanol–water partition coefficient (Wildman–Crippen LogP) is 4.78. The van der Waals surface area contributed by atoms with E-state index in [1.54, 1.807) is 23.1 Å². The molecule has 0 aliphatic heterocycles. The van der Waals surface area contributed by atoms with Gasteiger partial charge in [-0.25, -0.2) is 4.39 Å². The van der Waals surface area contributed by atoms with Crippen molar-refractivity contribution in [3.05, 3.63) is 53.8 Å². The maximum absolute atomic E-state index is 14.0. The lowest BCUT2D eigenvalue weighted by Crippen LogP contribution is -2.38. The van der Waals surface area contributed by atoms with E-state index < -0.39 is 15.9 Å². The fourth-order valence-electron chi connectivity index (χ4n) is 3.04. The van der Waals surface area contributed by atoms with Crippen LogP contribution in [0.2, 0.25) is 0 Å². The SMILES string of the molecule is CC[C@@H](C)N(Cc1ccccc1OS(=O)(=O)c1ccc(OC)c(F)c1)C(=O)CC(C)C. The van der Waals surface area contributed by atoms with Crippen molar-refractivity contribution in [1.29, 1.82) is 0 Å². The van der Waals surface area contributed by atoms with Crippen LogP contribution < -0.4 is 8.92 Å². The Balaban J connectivity index is 2.34. The first kappa shape index (κ1) is 24.7. The molecule has 6 nitrogen and oxygen atoms in total. The minimum absolute atomic E-state index is 0.000708. The summed E-state index contributed by atoms with van der Waals surface area (Å²) in [6.45, 7) is 8.11. The third-order valence-electron chi connectivity index (χ3n) is 4.95. The number of rotatable bonds is 10. The van der Waals surface area contributed by atoms with Gasteiger partial charge in [0.05, 0.1) is 7.11 Å². The second kappa shape index (κ2) is 10.6.